The molecule has 0 bridgehead atoms. The monoisotopic (exact) mass is 470 g/mol. The van der Waals surface area contributed by atoms with Gasteiger partial charge in [0.1, 0.15) is 17.2 Å². The number of hydrogen-bond donors (Lipinski definition) is 1. The molecule has 0 fully saturated rings. The molecule has 0 amide bonds. The van der Waals surface area contributed by atoms with E-state index in [2.05, 4.69) is 14.7 Å². The number of benzene rings is 1. The van der Waals surface area contributed by atoms with Gasteiger partial charge in [-0.1, -0.05) is 0 Å². The molecule has 3 aromatic heterocycles. The van der Waals surface area contributed by atoms with Crippen LogP contribution in [0.5, 0.6) is 11.6 Å². The predicted octanol–water partition coefficient (Wildman–Crippen LogP) is 3.02. The Bertz CT molecular complexity index is 1540. The van der Waals surface area contributed by atoms with Crippen molar-refractivity contribution in [2.75, 3.05) is 18.9 Å². The molecule has 1 aromatic carbocycles. The van der Waals surface area contributed by atoms with Crippen LogP contribution in [0.2, 0.25) is 0 Å². The number of halogens is 1. The third kappa shape index (κ3) is 4.22. The lowest BCUT2D eigenvalue weighted by Gasteiger charge is -2.14. The highest BCUT2D eigenvalue weighted by atomic mass is 32.2. The molecule has 4 rings (SSSR count). The number of hydrogen-bond acceptors (Lipinski definition) is 7. The van der Waals surface area contributed by atoms with Crippen molar-refractivity contribution in [1.29, 1.82) is 0 Å². The number of nitrogens with one attached hydrogen (secondary N) is 1. The second-order valence-corrected chi connectivity index (χ2v) is 8.72. The van der Waals surface area contributed by atoms with Gasteiger partial charge in [-0.3, -0.25) is 13.9 Å². The Hall–Kier alpha value is -3.99. The number of fused-ring (bicyclic) bond motifs is 1. The maximum Gasteiger partial charge on any atom is 0.300 e. The molecule has 4 aromatic rings. The van der Waals surface area contributed by atoms with E-state index in [1.807, 2.05) is 0 Å². The highest BCUT2D eigenvalue weighted by molar-refractivity contribution is 7.92. The van der Waals surface area contributed by atoms with Crippen molar-refractivity contribution >= 4 is 21.4 Å². The molecule has 0 atom stereocenters. The number of ether oxygens (including phenoxy) is 2. The average Bonchev–Trinajstić information content (AvgIpc) is 2.78. The third-order valence-corrected chi connectivity index (χ3v) is 6.46. The van der Waals surface area contributed by atoms with Gasteiger partial charge in [0.25, 0.3) is 15.6 Å². The van der Waals surface area contributed by atoms with E-state index >= 15 is 0 Å². The Balaban J connectivity index is 1.79. The molecule has 0 spiro atoms. The molecule has 1 N–H and O–H groups in total. The second-order valence-electron chi connectivity index (χ2n) is 7.07. The SMILES string of the molecule is COc1ncc(-c2ccc3ncc(OC)c(=O)n3c2)cc1NS(=O)(=O)c1ccc(F)cc1C. The van der Waals surface area contributed by atoms with Crippen LogP contribution in [-0.4, -0.2) is 37.0 Å². The summed E-state index contributed by atoms with van der Waals surface area (Å²) in [7, 11) is -1.33. The highest BCUT2D eigenvalue weighted by Gasteiger charge is 2.20. The van der Waals surface area contributed by atoms with Gasteiger partial charge in [0.2, 0.25) is 11.6 Å². The summed E-state index contributed by atoms with van der Waals surface area (Å²) >= 11 is 0. The molecule has 170 valence electrons. The first-order chi connectivity index (χ1) is 15.7. The molecule has 0 radical (unpaired) electrons. The molecule has 0 saturated carbocycles. The summed E-state index contributed by atoms with van der Waals surface area (Å²) < 4.78 is 53.4. The molecule has 0 unspecified atom stereocenters. The van der Waals surface area contributed by atoms with Gasteiger partial charge in [-0.05, 0) is 48.9 Å². The Morgan fingerprint density at radius 2 is 1.79 bits per heavy atom. The summed E-state index contributed by atoms with van der Waals surface area (Å²) in [5.41, 5.74) is 1.45. The zero-order valence-electron chi connectivity index (χ0n) is 17.9. The minimum absolute atomic E-state index is 0.0448. The lowest BCUT2D eigenvalue weighted by atomic mass is 10.1. The summed E-state index contributed by atoms with van der Waals surface area (Å²) in [4.78, 5) is 20.8. The van der Waals surface area contributed by atoms with Gasteiger partial charge in [0.05, 0.1) is 25.3 Å². The first kappa shape index (κ1) is 22.2. The molecule has 0 aliphatic heterocycles. The molecule has 0 aliphatic carbocycles. The Morgan fingerprint density at radius 3 is 2.48 bits per heavy atom. The molecule has 11 heteroatoms. The van der Waals surface area contributed by atoms with E-state index in [4.69, 9.17) is 9.47 Å². The van der Waals surface area contributed by atoms with Crippen molar-refractivity contribution in [2.45, 2.75) is 11.8 Å². The van der Waals surface area contributed by atoms with Crippen molar-refractivity contribution in [1.82, 2.24) is 14.4 Å². The molecular formula is C22H19FN4O5S. The maximum atomic E-state index is 13.4. The molecule has 0 aliphatic rings. The van der Waals surface area contributed by atoms with Gasteiger partial charge in [0, 0.05) is 23.5 Å². The number of pyridine rings is 2. The quantitative estimate of drug-likeness (QED) is 0.461. The van der Waals surface area contributed by atoms with Crippen LogP contribution in [-0.2, 0) is 10.0 Å². The van der Waals surface area contributed by atoms with E-state index in [0.29, 0.717) is 16.8 Å². The van der Waals surface area contributed by atoms with Crippen LogP contribution in [0.25, 0.3) is 16.8 Å². The van der Waals surface area contributed by atoms with Gasteiger partial charge in [-0.2, -0.15) is 0 Å². The summed E-state index contributed by atoms with van der Waals surface area (Å²) in [6.07, 6.45) is 4.38. The minimum Gasteiger partial charge on any atom is -0.490 e. The summed E-state index contributed by atoms with van der Waals surface area (Å²) in [6, 6.07) is 8.29. The van der Waals surface area contributed by atoms with Gasteiger partial charge >= 0.3 is 0 Å². The standard InChI is InChI=1S/C22H19FN4O5S/c1-13-8-16(23)5-6-19(13)33(29,30)26-17-9-15(10-25-21(17)32-3)14-4-7-20-24-11-18(31-2)22(28)27(20)12-14/h4-12,26H,1-3H3. The number of rotatable bonds is 6. The summed E-state index contributed by atoms with van der Waals surface area (Å²) in [5.74, 6) is -0.408. The number of methoxy groups -OCH3 is 2. The van der Waals surface area contributed by atoms with E-state index in [-0.39, 0.29) is 27.8 Å². The van der Waals surface area contributed by atoms with E-state index in [0.717, 1.165) is 12.1 Å². The topological polar surface area (TPSA) is 112 Å². The van der Waals surface area contributed by atoms with Gasteiger partial charge in [0.15, 0.2) is 0 Å². The molecular weight excluding hydrogens is 451 g/mol. The fourth-order valence-corrected chi connectivity index (χ4v) is 4.61. The molecule has 9 nitrogen and oxygen atoms in total. The number of sulfonamides is 1. The van der Waals surface area contributed by atoms with E-state index < -0.39 is 21.4 Å². The van der Waals surface area contributed by atoms with Crippen LogP contribution in [0.15, 0.2) is 64.7 Å². The lowest BCUT2D eigenvalue weighted by molar-refractivity contribution is 0.400. The predicted molar refractivity (Wildman–Crippen MR) is 120 cm³/mol. The second kappa shape index (κ2) is 8.51. The number of anilines is 1. The first-order valence-electron chi connectivity index (χ1n) is 9.62. The lowest BCUT2D eigenvalue weighted by Crippen LogP contribution is -2.16. The van der Waals surface area contributed by atoms with Crippen molar-refractivity contribution in [3.8, 4) is 22.8 Å². The van der Waals surface area contributed by atoms with Gasteiger partial charge in [-0.15, -0.1) is 0 Å². The minimum atomic E-state index is -4.06. The molecule has 3 heterocycles. The number of nitrogens with zero attached hydrogens (tertiary/aromatic N) is 3. The number of aromatic nitrogens is 3. The van der Waals surface area contributed by atoms with Crippen molar-refractivity contribution in [2.24, 2.45) is 0 Å². The maximum absolute atomic E-state index is 13.4. The first-order valence-corrected chi connectivity index (χ1v) is 11.1. The van der Waals surface area contributed by atoms with E-state index in [1.165, 1.54) is 50.1 Å². The molecule has 33 heavy (non-hydrogen) atoms. The number of aryl methyl sites for hydroxylation is 1. The van der Waals surface area contributed by atoms with Crippen LogP contribution < -0.4 is 19.8 Å². The van der Waals surface area contributed by atoms with Crippen LogP contribution in [0, 0.1) is 12.7 Å². The highest BCUT2D eigenvalue weighted by Crippen LogP contribution is 2.30. The summed E-state index contributed by atoms with van der Waals surface area (Å²) in [5, 5.41) is 0. The van der Waals surface area contributed by atoms with Crippen LogP contribution in [0.1, 0.15) is 5.56 Å². The van der Waals surface area contributed by atoms with E-state index in [9.17, 15) is 17.6 Å². The van der Waals surface area contributed by atoms with Crippen molar-refractivity contribution < 1.29 is 22.3 Å². The zero-order chi connectivity index (χ0) is 23.8. The average molecular weight is 470 g/mol. The Kier molecular flexibility index (Phi) is 5.73. The smallest absolute Gasteiger partial charge is 0.300 e. The Morgan fingerprint density at radius 1 is 1.00 bits per heavy atom. The van der Waals surface area contributed by atoms with Crippen LogP contribution in [0.4, 0.5) is 10.1 Å². The third-order valence-electron chi connectivity index (χ3n) is 4.94. The molecule has 0 saturated heterocycles. The normalized spacial score (nSPS) is 11.4. The van der Waals surface area contributed by atoms with Gasteiger partial charge in [-0.25, -0.2) is 22.8 Å². The van der Waals surface area contributed by atoms with Crippen molar-refractivity contribution in [3.63, 3.8) is 0 Å². The largest absolute Gasteiger partial charge is 0.490 e. The van der Waals surface area contributed by atoms with Crippen LogP contribution >= 0.6 is 0 Å². The van der Waals surface area contributed by atoms with Crippen LogP contribution in [0.3, 0.4) is 0 Å². The zero-order valence-corrected chi connectivity index (χ0v) is 18.7. The van der Waals surface area contributed by atoms with Crippen molar-refractivity contribution in [3.05, 3.63) is 76.7 Å². The summed E-state index contributed by atoms with van der Waals surface area (Å²) in [6.45, 7) is 1.50. The van der Waals surface area contributed by atoms with E-state index in [1.54, 1.807) is 18.3 Å². The Labute approximate surface area is 188 Å². The van der Waals surface area contributed by atoms with Gasteiger partial charge < -0.3 is 9.47 Å². The fourth-order valence-electron chi connectivity index (χ4n) is 3.33. The fraction of sp³-hybridized carbons (Fsp3) is 0.136.